The highest BCUT2D eigenvalue weighted by molar-refractivity contribution is 7.89. The number of nitrogens with one attached hydrogen (secondary N) is 2. The molecule has 1 saturated heterocycles. The molecule has 1 aromatic carbocycles. The molecule has 12 heteroatoms. The van der Waals surface area contributed by atoms with Crippen LogP contribution in [0, 0.1) is 0 Å². The van der Waals surface area contributed by atoms with Gasteiger partial charge in [-0.05, 0) is 64.4 Å². The molecule has 0 saturated carbocycles. The number of benzene rings is 1. The summed E-state index contributed by atoms with van der Waals surface area (Å²) in [5, 5.41) is 6.04. The standard InChI is InChI=1S/C28H44N6O5S/c1-7-11-33-17-22-25(29-27(36)26(22)31(6)19-33)21-16-20(9-10-23(21)39-8-2)40(37,38)34-14-12-32(13-15-34)18-24(35)30-28(3,4)5/h9-10,16,25H,7-8,11-15,17-19H2,1-6H3,(H,29,36)(H,30,35). The molecule has 0 radical (unpaired) electrons. The lowest BCUT2D eigenvalue weighted by molar-refractivity contribution is -0.124. The van der Waals surface area contributed by atoms with Gasteiger partial charge in [-0.15, -0.1) is 0 Å². The zero-order valence-corrected chi connectivity index (χ0v) is 25.4. The van der Waals surface area contributed by atoms with Gasteiger partial charge < -0.3 is 20.3 Å². The van der Waals surface area contributed by atoms with Gasteiger partial charge in [-0.25, -0.2) is 8.42 Å². The predicted octanol–water partition coefficient (Wildman–Crippen LogP) is 1.35. The molecule has 3 aliphatic rings. The summed E-state index contributed by atoms with van der Waals surface area (Å²) in [6.07, 6.45) is 0.995. The van der Waals surface area contributed by atoms with Crippen molar-refractivity contribution >= 4 is 21.8 Å². The highest BCUT2D eigenvalue weighted by Crippen LogP contribution is 2.39. The van der Waals surface area contributed by atoms with Crippen LogP contribution in [0.2, 0.25) is 0 Å². The number of ether oxygens (including phenoxy) is 1. The number of amides is 2. The lowest BCUT2D eigenvalue weighted by Crippen LogP contribution is -2.52. The van der Waals surface area contributed by atoms with Gasteiger partial charge in [-0.3, -0.25) is 19.4 Å². The van der Waals surface area contributed by atoms with Crippen molar-refractivity contribution in [2.45, 2.75) is 57.5 Å². The van der Waals surface area contributed by atoms with Crippen LogP contribution in [0.4, 0.5) is 0 Å². The largest absolute Gasteiger partial charge is 0.494 e. The molecule has 0 aliphatic carbocycles. The first-order valence-corrected chi connectivity index (χ1v) is 15.6. The molecule has 3 heterocycles. The number of carbonyl (C=O) groups excluding carboxylic acids is 2. The van der Waals surface area contributed by atoms with E-state index in [1.165, 1.54) is 4.31 Å². The van der Waals surface area contributed by atoms with Crippen LogP contribution < -0.4 is 15.4 Å². The van der Waals surface area contributed by atoms with Crippen molar-refractivity contribution in [3.8, 4) is 5.75 Å². The summed E-state index contributed by atoms with van der Waals surface area (Å²) in [7, 11) is -1.89. The number of sulfonamides is 1. The van der Waals surface area contributed by atoms with Crippen LogP contribution >= 0.6 is 0 Å². The molecular formula is C28H44N6O5S. The van der Waals surface area contributed by atoms with Crippen molar-refractivity contribution < 1.29 is 22.7 Å². The maximum Gasteiger partial charge on any atom is 0.268 e. The van der Waals surface area contributed by atoms with E-state index in [1.54, 1.807) is 18.2 Å². The molecule has 1 atom stereocenters. The van der Waals surface area contributed by atoms with Crippen LogP contribution in [0.3, 0.4) is 0 Å². The zero-order valence-electron chi connectivity index (χ0n) is 24.6. The van der Waals surface area contributed by atoms with Crippen LogP contribution in [0.15, 0.2) is 34.4 Å². The number of likely N-dealkylation sites (N-methyl/N-ethyl adjacent to an activating group) is 1. The Labute approximate surface area is 238 Å². The molecular weight excluding hydrogens is 532 g/mol. The summed E-state index contributed by atoms with van der Waals surface area (Å²) in [4.78, 5) is 31.8. The van der Waals surface area contributed by atoms with Crippen molar-refractivity contribution in [3.05, 3.63) is 35.0 Å². The van der Waals surface area contributed by atoms with Crippen molar-refractivity contribution in [1.29, 1.82) is 0 Å². The third kappa shape index (κ3) is 6.62. The van der Waals surface area contributed by atoms with Crippen molar-refractivity contribution in [1.82, 2.24) is 29.6 Å². The van der Waals surface area contributed by atoms with Crippen LogP contribution in [-0.4, -0.2) is 111 Å². The van der Waals surface area contributed by atoms with E-state index in [4.69, 9.17) is 4.74 Å². The van der Waals surface area contributed by atoms with Gasteiger partial charge in [-0.1, -0.05) is 6.92 Å². The molecule has 2 N–H and O–H groups in total. The number of nitrogens with zero attached hydrogens (tertiary/aromatic N) is 4. The van der Waals surface area contributed by atoms with Gasteiger partial charge in [0.15, 0.2) is 0 Å². The summed E-state index contributed by atoms with van der Waals surface area (Å²) in [5.41, 5.74) is 1.92. The fourth-order valence-electron chi connectivity index (χ4n) is 5.68. The maximum atomic E-state index is 13.7. The molecule has 0 aromatic heterocycles. The van der Waals surface area contributed by atoms with Gasteiger partial charge in [0, 0.05) is 50.9 Å². The molecule has 0 bridgehead atoms. The minimum Gasteiger partial charge on any atom is -0.494 e. The second-order valence-electron chi connectivity index (χ2n) is 11.8. The Morgan fingerprint density at radius 1 is 1.12 bits per heavy atom. The molecule has 40 heavy (non-hydrogen) atoms. The number of carbonyl (C=O) groups is 2. The molecule has 3 aliphatic heterocycles. The number of hydrogen-bond acceptors (Lipinski definition) is 8. The van der Waals surface area contributed by atoms with Gasteiger partial charge in [-0.2, -0.15) is 4.31 Å². The number of piperazine rings is 1. The van der Waals surface area contributed by atoms with E-state index in [1.807, 2.05) is 44.5 Å². The minimum atomic E-state index is -3.80. The fourth-order valence-corrected chi connectivity index (χ4v) is 7.14. The Balaban J connectivity index is 1.56. The summed E-state index contributed by atoms with van der Waals surface area (Å²) in [6, 6.07) is 4.46. The van der Waals surface area contributed by atoms with Gasteiger partial charge >= 0.3 is 0 Å². The first kappa shape index (κ1) is 30.3. The van der Waals surface area contributed by atoms with Crippen molar-refractivity contribution in [2.75, 3.05) is 66.1 Å². The van der Waals surface area contributed by atoms with Crippen molar-refractivity contribution in [2.24, 2.45) is 0 Å². The van der Waals surface area contributed by atoms with E-state index >= 15 is 0 Å². The van der Waals surface area contributed by atoms with Gasteiger partial charge in [0.05, 0.1) is 30.8 Å². The Bertz CT molecular complexity index is 1250. The summed E-state index contributed by atoms with van der Waals surface area (Å²) in [5.74, 6) is 0.338. The van der Waals surface area contributed by atoms with Gasteiger partial charge in [0.2, 0.25) is 15.9 Å². The lowest BCUT2D eigenvalue weighted by atomic mass is 9.97. The second kappa shape index (κ2) is 12.1. The lowest BCUT2D eigenvalue weighted by Gasteiger charge is -2.35. The number of rotatable bonds is 9. The Morgan fingerprint density at radius 2 is 1.82 bits per heavy atom. The highest BCUT2D eigenvalue weighted by Gasteiger charge is 2.40. The van der Waals surface area contributed by atoms with E-state index in [2.05, 4.69) is 22.5 Å². The third-order valence-corrected chi connectivity index (χ3v) is 9.21. The van der Waals surface area contributed by atoms with E-state index < -0.39 is 16.1 Å². The zero-order chi connectivity index (χ0) is 29.2. The smallest absolute Gasteiger partial charge is 0.268 e. The maximum absolute atomic E-state index is 13.7. The fraction of sp³-hybridized carbons (Fsp3) is 0.643. The van der Waals surface area contributed by atoms with E-state index in [-0.39, 0.29) is 28.8 Å². The SMILES string of the molecule is CCCN1CC2=C(C(=O)NC2c2cc(S(=O)(=O)N3CCN(CC(=O)NC(C)(C)C)CC3)ccc2OCC)N(C)C1. The first-order valence-electron chi connectivity index (χ1n) is 14.1. The van der Waals surface area contributed by atoms with E-state index in [0.29, 0.717) is 63.0 Å². The third-order valence-electron chi connectivity index (χ3n) is 7.31. The van der Waals surface area contributed by atoms with E-state index in [9.17, 15) is 18.0 Å². The normalized spacial score (nSPS) is 21.4. The Kier molecular flexibility index (Phi) is 9.13. The monoisotopic (exact) mass is 576 g/mol. The molecule has 2 amide bonds. The summed E-state index contributed by atoms with van der Waals surface area (Å²) >= 11 is 0. The molecule has 1 unspecified atom stereocenters. The quantitative estimate of drug-likeness (QED) is 0.453. The molecule has 1 fully saturated rings. The Hall–Kier alpha value is -2.67. The molecule has 11 nitrogen and oxygen atoms in total. The first-order chi connectivity index (χ1) is 18.8. The highest BCUT2D eigenvalue weighted by atomic mass is 32.2. The van der Waals surface area contributed by atoms with Crippen LogP contribution in [0.1, 0.15) is 52.6 Å². The summed E-state index contributed by atoms with van der Waals surface area (Å²) in [6.45, 7) is 14.2. The molecule has 0 spiro atoms. The average molecular weight is 577 g/mol. The van der Waals surface area contributed by atoms with Crippen LogP contribution in [0.25, 0.3) is 0 Å². The number of hydrogen-bond donors (Lipinski definition) is 2. The van der Waals surface area contributed by atoms with Crippen LogP contribution in [0.5, 0.6) is 5.75 Å². The predicted molar refractivity (Wildman–Crippen MR) is 153 cm³/mol. The summed E-state index contributed by atoms with van der Waals surface area (Å²) < 4.78 is 34.9. The van der Waals surface area contributed by atoms with Crippen molar-refractivity contribution in [3.63, 3.8) is 0 Å². The average Bonchev–Trinajstić information content (AvgIpc) is 3.20. The van der Waals surface area contributed by atoms with Crippen LogP contribution in [-0.2, 0) is 19.6 Å². The second-order valence-corrected chi connectivity index (χ2v) is 13.7. The van der Waals surface area contributed by atoms with Gasteiger partial charge in [0.25, 0.3) is 5.91 Å². The molecule has 1 aromatic rings. The van der Waals surface area contributed by atoms with Gasteiger partial charge in [0.1, 0.15) is 11.4 Å². The Morgan fingerprint density at radius 3 is 2.45 bits per heavy atom. The molecule has 222 valence electrons. The minimum absolute atomic E-state index is 0.0712. The van der Waals surface area contributed by atoms with E-state index in [0.717, 1.165) is 18.5 Å². The molecule has 4 rings (SSSR count). The topological polar surface area (TPSA) is 115 Å².